The first-order valence-electron chi connectivity index (χ1n) is 8.66. The number of aromatic nitrogens is 3. The number of nitrogens with zero attached hydrogens (tertiary/aromatic N) is 3. The summed E-state index contributed by atoms with van der Waals surface area (Å²) in [6.45, 7) is 4.20. The second kappa shape index (κ2) is 8.15. The highest BCUT2D eigenvalue weighted by Gasteiger charge is 2.22. The van der Waals surface area contributed by atoms with Gasteiger partial charge in [-0.2, -0.15) is 4.98 Å². The smallest absolute Gasteiger partial charge is 0.267 e. The largest absolute Gasteiger partial charge is 0.480 e. The molecule has 4 aromatic rings. The van der Waals surface area contributed by atoms with Gasteiger partial charge in [-0.1, -0.05) is 0 Å². The summed E-state index contributed by atoms with van der Waals surface area (Å²) in [4.78, 5) is 29.9. The Morgan fingerprint density at radius 2 is 1.97 bits per heavy atom. The number of carbonyl (C=O) groups is 1. The third-order valence-electron chi connectivity index (χ3n) is 4.19. The zero-order valence-corrected chi connectivity index (χ0v) is 18.7. The standard InChI is InChI=1S/C19H18N4O3S3/c1-9-5-6-12(28-9)11-8-27-19(20-11)23-16(24)15-10(2)14-17(26-4)21-13(7-25-3)22-18(14)29-15/h5-6,8H,7H2,1-4H3,(H,20,23,24). The maximum absolute atomic E-state index is 12.9. The van der Waals surface area contributed by atoms with E-state index in [0.717, 1.165) is 21.5 Å². The fraction of sp³-hybridized carbons (Fsp3) is 0.263. The van der Waals surface area contributed by atoms with Crippen molar-refractivity contribution in [3.63, 3.8) is 0 Å². The van der Waals surface area contributed by atoms with Gasteiger partial charge in [0.15, 0.2) is 11.0 Å². The van der Waals surface area contributed by atoms with Crippen LogP contribution in [0.2, 0.25) is 0 Å². The van der Waals surface area contributed by atoms with Crippen LogP contribution >= 0.6 is 34.0 Å². The van der Waals surface area contributed by atoms with Crippen LogP contribution in [0.4, 0.5) is 5.13 Å². The molecule has 0 aromatic carbocycles. The van der Waals surface area contributed by atoms with Gasteiger partial charge in [-0.15, -0.1) is 34.0 Å². The summed E-state index contributed by atoms with van der Waals surface area (Å²) in [6, 6.07) is 4.10. The van der Waals surface area contributed by atoms with Gasteiger partial charge in [0.05, 0.1) is 27.9 Å². The number of fused-ring (bicyclic) bond motifs is 1. The third-order valence-corrected chi connectivity index (χ3v) is 7.16. The number of rotatable bonds is 6. The molecule has 4 heterocycles. The van der Waals surface area contributed by atoms with Crippen molar-refractivity contribution in [3.8, 4) is 16.5 Å². The molecule has 0 aliphatic carbocycles. The van der Waals surface area contributed by atoms with E-state index in [9.17, 15) is 4.79 Å². The Hall–Kier alpha value is -2.40. The lowest BCUT2D eigenvalue weighted by atomic mass is 10.2. The van der Waals surface area contributed by atoms with Crippen LogP contribution in [-0.4, -0.2) is 35.1 Å². The van der Waals surface area contributed by atoms with Crippen molar-refractivity contribution >= 4 is 55.3 Å². The number of carbonyl (C=O) groups excluding carboxylic acids is 1. The Balaban J connectivity index is 1.63. The number of amides is 1. The SMILES string of the molecule is COCc1nc(OC)c2c(C)c(C(=O)Nc3nc(-c4ccc(C)s4)cs3)sc2n1. The number of hydrogen-bond donors (Lipinski definition) is 1. The van der Waals surface area contributed by atoms with E-state index in [1.165, 1.54) is 27.6 Å². The molecule has 0 saturated carbocycles. The first-order chi connectivity index (χ1) is 14.0. The first kappa shape index (κ1) is 19.9. The molecule has 10 heteroatoms. The van der Waals surface area contributed by atoms with Crippen LogP contribution in [0.3, 0.4) is 0 Å². The van der Waals surface area contributed by atoms with Crippen LogP contribution in [0, 0.1) is 13.8 Å². The first-order valence-corrected chi connectivity index (χ1v) is 11.2. The summed E-state index contributed by atoms with van der Waals surface area (Å²) in [5.41, 5.74) is 1.65. The molecule has 0 aliphatic rings. The van der Waals surface area contributed by atoms with Crippen molar-refractivity contribution in [2.24, 2.45) is 0 Å². The van der Waals surface area contributed by atoms with Gasteiger partial charge in [0, 0.05) is 17.4 Å². The summed E-state index contributed by atoms with van der Waals surface area (Å²) >= 11 is 4.39. The third kappa shape index (κ3) is 3.88. The molecule has 0 bridgehead atoms. The Bertz CT molecular complexity index is 1190. The zero-order valence-electron chi connectivity index (χ0n) is 16.2. The maximum Gasteiger partial charge on any atom is 0.267 e. The minimum Gasteiger partial charge on any atom is -0.480 e. The molecule has 0 unspecified atom stereocenters. The van der Waals surface area contributed by atoms with Crippen molar-refractivity contribution in [1.29, 1.82) is 0 Å². The monoisotopic (exact) mass is 446 g/mol. The summed E-state index contributed by atoms with van der Waals surface area (Å²) in [7, 11) is 3.14. The molecule has 150 valence electrons. The van der Waals surface area contributed by atoms with E-state index < -0.39 is 0 Å². The normalized spacial score (nSPS) is 11.2. The average molecular weight is 447 g/mol. The van der Waals surface area contributed by atoms with E-state index in [4.69, 9.17) is 9.47 Å². The minimum absolute atomic E-state index is 0.218. The second-order valence-corrected chi connectivity index (χ2v) is 9.37. The average Bonchev–Trinajstić information content (AvgIpc) is 3.41. The number of thiophene rings is 2. The second-order valence-electron chi connectivity index (χ2n) is 6.22. The fourth-order valence-corrected chi connectivity index (χ4v) is 5.57. The maximum atomic E-state index is 12.9. The lowest BCUT2D eigenvalue weighted by Crippen LogP contribution is -2.11. The summed E-state index contributed by atoms with van der Waals surface area (Å²) in [5.74, 6) is 0.740. The van der Waals surface area contributed by atoms with Crippen molar-refractivity contribution < 1.29 is 14.3 Å². The summed E-state index contributed by atoms with van der Waals surface area (Å²) in [6.07, 6.45) is 0. The van der Waals surface area contributed by atoms with E-state index in [0.29, 0.717) is 26.5 Å². The van der Waals surface area contributed by atoms with Crippen molar-refractivity contribution in [2.45, 2.75) is 20.5 Å². The highest BCUT2D eigenvalue weighted by Crippen LogP contribution is 2.36. The topological polar surface area (TPSA) is 86.2 Å². The van der Waals surface area contributed by atoms with Crippen LogP contribution in [-0.2, 0) is 11.3 Å². The molecule has 1 N–H and O–H groups in total. The number of anilines is 1. The minimum atomic E-state index is -0.218. The Morgan fingerprint density at radius 1 is 1.14 bits per heavy atom. The van der Waals surface area contributed by atoms with E-state index in [1.54, 1.807) is 25.6 Å². The number of methoxy groups -OCH3 is 2. The Kier molecular flexibility index (Phi) is 5.59. The Morgan fingerprint density at radius 3 is 2.66 bits per heavy atom. The number of aryl methyl sites for hydroxylation is 2. The van der Waals surface area contributed by atoms with Gasteiger partial charge < -0.3 is 9.47 Å². The van der Waals surface area contributed by atoms with E-state index >= 15 is 0 Å². The molecule has 7 nitrogen and oxygen atoms in total. The van der Waals surface area contributed by atoms with Crippen LogP contribution < -0.4 is 10.1 Å². The number of hydrogen-bond acceptors (Lipinski definition) is 9. The molecule has 0 spiro atoms. The molecule has 0 radical (unpaired) electrons. The molecule has 0 aliphatic heterocycles. The molecule has 29 heavy (non-hydrogen) atoms. The van der Waals surface area contributed by atoms with Crippen LogP contribution in [0.1, 0.15) is 25.9 Å². The van der Waals surface area contributed by atoms with Gasteiger partial charge in [-0.05, 0) is 31.5 Å². The van der Waals surface area contributed by atoms with Gasteiger partial charge in [0.1, 0.15) is 11.4 Å². The molecular formula is C19H18N4O3S3. The zero-order chi connectivity index (χ0) is 20.5. The van der Waals surface area contributed by atoms with Crippen LogP contribution in [0.15, 0.2) is 17.5 Å². The van der Waals surface area contributed by atoms with Crippen LogP contribution in [0.25, 0.3) is 20.8 Å². The summed E-state index contributed by atoms with van der Waals surface area (Å²) in [5, 5.41) is 6.16. The lowest BCUT2D eigenvalue weighted by molar-refractivity contribution is 0.103. The van der Waals surface area contributed by atoms with E-state index in [2.05, 4.69) is 33.3 Å². The number of ether oxygens (including phenoxy) is 2. The molecule has 4 aromatic heterocycles. The Labute approximate surface area is 179 Å². The van der Waals surface area contributed by atoms with Gasteiger partial charge in [0.2, 0.25) is 5.88 Å². The fourth-order valence-electron chi connectivity index (χ4n) is 2.87. The number of thiazole rings is 1. The summed E-state index contributed by atoms with van der Waals surface area (Å²) < 4.78 is 10.5. The van der Waals surface area contributed by atoms with E-state index in [1.807, 2.05) is 18.4 Å². The predicted molar refractivity (Wildman–Crippen MR) is 118 cm³/mol. The molecular weight excluding hydrogens is 428 g/mol. The number of nitrogens with one attached hydrogen (secondary N) is 1. The van der Waals surface area contributed by atoms with Crippen molar-refractivity contribution in [3.05, 3.63) is 38.7 Å². The van der Waals surface area contributed by atoms with Gasteiger partial charge in [0.25, 0.3) is 5.91 Å². The highest BCUT2D eigenvalue weighted by molar-refractivity contribution is 7.21. The van der Waals surface area contributed by atoms with Gasteiger partial charge in [-0.25, -0.2) is 9.97 Å². The van der Waals surface area contributed by atoms with Crippen molar-refractivity contribution in [2.75, 3.05) is 19.5 Å². The van der Waals surface area contributed by atoms with Gasteiger partial charge in [-0.3, -0.25) is 10.1 Å². The quantitative estimate of drug-likeness (QED) is 0.453. The lowest BCUT2D eigenvalue weighted by Gasteiger charge is -2.05. The van der Waals surface area contributed by atoms with Gasteiger partial charge >= 0.3 is 0 Å². The molecule has 1 amide bonds. The van der Waals surface area contributed by atoms with E-state index in [-0.39, 0.29) is 12.5 Å². The predicted octanol–water partition coefficient (Wildman–Crippen LogP) is 4.90. The molecule has 0 atom stereocenters. The molecule has 4 rings (SSSR count). The molecule has 0 fully saturated rings. The highest BCUT2D eigenvalue weighted by atomic mass is 32.1. The molecule has 0 saturated heterocycles. The van der Waals surface area contributed by atoms with Crippen molar-refractivity contribution in [1.82, 2.24) is 15.0 Å². The van der Waals surface area contributed by atoms with Crippen LogP contribution in [0.5, 0.6) is 5.88 Å².